The molecule has 1 fully saturated rings. The molecule has 3 nitrogen and oxygen atoms in total. The maximum Gasteiger partial charge on any atom is 0.335 e. The standard InChI is InChI=1S/C28H21ClFNO2S/c1-2-26(32)33-24-9-4-3-8-21(24)28(18-10-13-25-23(14-18)31-16-34-25)27(17-6-5-7-17)20-12-11-19(30)15-22(20)29/h2-4,8-17H,1,5-7H2/b28-27+. The summed E-state index contributed by atoms with van der Waals surface area (Å²) in [6.45, 7) is 3.52. The first-order valence-corrected chi connectivity index (χ1v) is 12.3. The van der Waals surface area contributed by atoms with Crippen molar-refractivity contribution in [3.63, 3.8) is 0 Å². The number of halogens is 2. The smallest absolute Gasteiger partial charge is 0.335 e. The van der Waals surface area contributed by atoms with Gasteiger partial charge in [0, 0.05) is 11.6 Å². The van der Waals surface area contributed by atoms with E-state index in [0.717, 1.165) is 63.4 Å². The van der Waals surface area contributed by atoms with Gasteiger partial charge >= 0.3 is 5.97 Å². The number of ether oxygens (including phenoxy) is 1. The molecule has 6 heteroatoms. The van der Waals surface area contributed by atoms with Crippen LogP contribution in [-0.4, -0.2) is 11.0 Å². The highest BCUT2D eigenvalue weighted by Gasteiger charge is 2.30. The summed E-state index contributed by atoms with van der Waals surface area (Å²) in [5, 5.41) is 0.356. The number of carbonyl (C=O) groups is 1. The van der Waals surface area contributed by atoms with Crippen molar-refractivity contribution in [1.29, 1.82) is 0 Å². The summed E-state index contributed by atoms with van der Waals surface area (Å²) in [5.74, 6) is -0.248. The van der Waals surface area contributed by atoms with E-state index in [-0.39, 0.29) is 11.7 Å². The third kappa shape index (κ3) is 4.29. The zero-order chi connectivity index (χ0) is 23.7. The molecule has 1 aromatic heterocycles. The zero-order valence-corrected chi connectivity index (χ0v) is 19.8. The van der Waals surface area contributed by atoms with Crippen molar-refractivity contribution < 1.29 is 13.9 Å². The molecule has 5 rings (SSSR count). The molecule has 0 atom stereocenters. The van der Waals surface area contributed by atoms with Gasteiger partial charge in [0.05, 0.1) is 20.7 Å². The molecule has 1 aliphatic rings. The van der Waals surface area contributed by atoms with Gasteiger partial charge in [-0.15, -0.1) is 11.3 Å². The van der Waals surface area contributed by atoms with Crippen molar-refractivity contribution in [2.24, 2.45) is 5.92 Å². The summed E-state index contributed by atoms with van der Waals surface area (Å²) in [6, 6.07) is 18.1. The Morgan fingerprint density at radius 1 is 1.12 bits per heavy atom. The normalized spacial score (nSPS) is 14.4. The molecule has 4 aromatic rings. The maximum absolute atomic E-state index is 14.0. The first-order chi connectivity index (χ1) is 16.5. The van der Waals surface area contributed by atoms with E-state index in [2.05, 4.69) is 17.6 Å². The molecule has 0 unspecified atom stereocenters. The number of para-hydroxylation sites is 1. The molecular formula is C28H21ClFNO2S. The van der Waals surface area contributed by atoms with Gasteiger partial charge in [-0.05, 0) is 71.4 Å². The van der Waals surface area contributed by atoms with E-state index in [1.165, 1.54) is 12.1 Å². The topological polar surface area (TPSA) is 39.2 Å². The average molecular weight is 490 g/mol. The first-order valence-electron chi connectivity index (χ1n) is 11.0. The van der Waals surface area contributed by atoms with Crippen molar-refractivity contribution in [1.82, 2.24) is 4.98 Å². The lowest BCUT2D eigenvalue weighted by Crippen LogP contribution is -2.16. The van der Waals surface area contributed by atoms with Gasteiger partial charge in [0.25, 0.3) is 0 Å². The molecule has 1 heterocycles. The molecule has 1 aliphatic carbocycles. The summed E-state index contributed by atoms with van der Waals surface area (Å²) in [6.07, 6.45) is 4.25. The van der Waals surface area contributed by atoms with Crippen LogP contribution >= 0.6 is 22.9 Å². The number of carbonyl (C=O) groups excluding carboxylic acids is 1. The van der Waals surface area contributed by atoms with Crippen LogP contribution in [0.1, 0.15) is 36.0 Å². The minimum atomic E-state index is -0.535. The Kier molecular flexibility index (Phi) is 6.31. The van der Waals surface area contributed by atoms with Crippen LogP contribution in [0.3, 0.4) is 0 Å². The Morgan fingerprint density at radius 2 is 1.94 bits per heavy atom. The van der Waals surface area contributed by atoms with E-state index < -0.39 is 5.97 Å². The number of allylic oxidation sites excluding steroid dienone is 1. The van der Waals surface area contributed by atoms with Crippen LogP contribution in [0, 0.1) is 11.7 Å². The van der Waals surface area contributed by atoms with Crippen molar-refractivity contribution in [3.8, 4) is 5.75 Å². The summed E-state index contributed by atoms with van der Waals surface area (Å²) in [7, 11) is 0. The largest absolute Gasteiger partial charge is 0.423 e. The number of nitrogens with zero attached hydrogens (tertiary/aromatic N) is 1. The minimum absolute atomic E-state index is 0.243. The highest BCUT2D eigenvalue weighted by molar-refractivity contribution is 7.16. The van der Waals surface area contributed by atoms with Crippen LogP contribution < -0.4 is 4.74 Å². The molecule has 0 bridgehead atoms. The van der Waals surface area contributed by atoms with Crippen molar-refractivity contribution in [2.45, 2.75) is 19.3 Å². The van der Waals surface area contributed by atoms with Crippen LogP contribution in [0.4, 0.5) is 4.39 Å². The molecule has 170 valence electrons. The summed E-state index contributed by atoms with van der Waals surface area (Å²) in [5.41, 5.74) is 7.11. The fourth-order valence-corrected chi connectivity index (χ4v) is 5.27. The van der Waals surface area contributed by atoms with E-state index in [1.807, 2.05) is 35.8 Å². The molecule has 3 aromatic carbocycles. The quantitative estimate of drug-likeness (QED) is 0.119. The van der Waals surface area contributed by atoms with Gasteiger partial charge in [-0.25, -0.2) is 14.2 Å². The monoisotopic (exact) mass is 489 g/mol. The average Bonchev–Trinajstić information content (AvgIpc) is 3.27. The number of benzene rings is 3. The highest BCUT2D eigenvalue weighted by Crippen LogP contribution is 2.48. The number of fused-ring (bicyclic) bond motifs is 1. The number of esters is 1. The molecule has 0 N–H and O–H groups in total. The number of hydrogen-bond acceptors (Lipinski definition) is 4. The number of thiazole rings is 1. The lowest BCUT2D eigenvalue weighted by atomic mass is 9.73. The number of hydrogen-bond donors (Lipinski definition) is 0. The molecule has 34 heavy (non-hydrogen) atoms. The van der Waals surface area contributed by atoms with Gasteiger partial charge < -0.3 is 4.74 Å². The third-order valence-corrected chi connectivity index (χ3v) is 7.28. The van der Waals surface area contributed by atoms with E-state index in [0.29, 0.717) is 10.8 Å². The Hall–Kier alpha value is -3.28. The molecule has 0 radical (unpaired) electrons. The van der Waals surface area contributed by atoms with Crippen LogP contribution in [-0.2, 0) is 4.79 Å². The highest BCUT2D eigenvalue weighted by atomic mass is 35.5. The second-order valence-corrected chi connectivity index (χ2v) is 9.49. The van der Waals surface area contributed by atoms with Gasteiger partial charge in [-0.2, -0.15) is 0 Å². The summed E-state index contributed by atoms with van der Waals surface area (Å²) in [4.78, 5) is 16.6. The number of rotatable bonds is 6. The lowest BCUT2D eigenvalue weighted by Gasteiger charge is -2.32. The molecule has 0 amide bonds. The van der Waals surface area contributed by atoms with E-state index in [1.54, 1.807) is 23.5 Å². The van der Waals surface area contributed by atoms with Crippen LogP contribution in [0.15, 0.2) is 78.8 Å². The summed E-state index contributed by atoms with van der Waals surface area (Å²) < 4.78 is 20.7. The molecule has 0 saturated heterocycles. The summed E-state index contributed by atoms with van der Waals surface area (Å²) >= 11 is 8.19. The Morgan fingerprint density at radius 3 is 2.68 bits per heavy atom. The van der Waals surface area contributed by atoms with Gasteiger partial charge in [-0.3, -0.25) is 0 Å². The van der Waals surface area contributed by atoms with E-state index in [4.69, 9.17) is 16.3 Å². The molecule has 0 aliphatic heterocycles. The second-order valence-electron chi connectivity index (χ2n) is 8.20. The molecular weight excluding hydrogens is 469 g/mol. The van der Waals surface area contributed by atoms with Crippen LogP contribution in [0.5, 0.6) is 5.75 Å². The first kappa shape index (κ1) is 22.5. The fraction of sp³-hybridized carbons (Fsp3) is 0.143. The Balaban J connectivity index is 1.84. The Bertz CT molecular complexity index is 1440. The predicted octanol–water partition coefficient (Wildman–Crippen LogP) is 7.94. The van der Waals surface area contributed by atoms with E-state index >= 15 is 0 Å². The van der Waals surface area contributed by atoms with Crippen molar-refractivity contribution in [2.75, 3.05) is 0 Å². The van der Waals surface area contributed by atoms with Crippen molar-refractivity contribution in [3.05, 3.63) is 106 Å². The van der Waals surface area contributed by atoms with E-state index in [9.17, 15) is 9.18 Å². The Labute approximate surface area is 206 Å². The van der Waals surface area contributed by atoms with Gasteiger partial charge in [0.1, 0.15) is 11.6 Å². The lowest BCUT2D eigenvalue weighted by molar-refractivity contribution is -0.128. The van der Waals surface area contributed by atoms with Gasteiger partial charge in [-0.1, -0.05) is 54.9 Å². The SMILES string of the molecule is C=CC(=O)Oc1ccccc1/C(=C(/c1ccc(F)cc1Cl)C1CCC1)c1ccc2scnc2c1. The molecule has 1 saturated carbocycles. The number of aromatic nitrogens is 1. The molecule has 0 spiro atoms. The second kappa shape index (κ2) is 9.53. The predicted molar refractivity (Wildman–Crippen MR) is 137 cm³/mol. The zero-order valence-electron chi connectivity index (χ0n) is 18.3. The minimum Gasteiger partial charge on any atom is -0.423 e. The maximum atomic E-state index is 14.0. The van der Waals surface area contributed by atoms with Crippen LogP contribution in [0.2, 0.25) is 5.02 Å². The third-order valence-electron chi connectivity index (χ3n) is 6.16. The fourth-order valence-electron chi connectivity index (χ4n) is 4.35. The van der Waals surface area contributed by atoms with Gasteiger partial charge in [0.2, 0.25) is 0 Å². The van der Waals surface area contributed by atoms with Crippen LogP contribution in [0.25, 0.3) is 21.4 Å². The van der Waals surface area contributed by atoms with Gasteiger partial charge in [0.15, 0.2) is 0 Å². The van der Waals surface area contributed by atoms with Crippen molar-refractivity contribution >= 4 is 50.3 Å².